The molecule has 0 aliphatic rings. The van der Waals surface area contributed by atoms with Crippen LogP contribution in [0, 0.1) is 17.8 Å². The van der Waals surface area contributed by atoms with Gasteiger partial charge >= 0.3 is 0 Å². The highest BCUT2D eigenvalue weighted by Gasteiger charge is 2.18. The van der Waals surface area contributed by atoms with Crippen LogP contribution in [-0.2, 0) is 0 Å². The lowest BCUT2D eigenvalue weighted by Crippen LogP contribution is -2.25. The van der Waals surface area contributed by atoms with Crippen molar-refractivity contribution >= 4 is 23.4 Å². The lowest BCUT2D eigenvalue weighted by atomic mass is 9.85. The number of hydrogen-bond donors (Lipinski definition) is 2. The van der Waals surface area contributed by atoms with E-state index < -0.39 is 0 Å². The van der Waals surface area contributed by atoms with Gasteiger partial charge in [0.2, 0.25) is 5.95 Å². The normalized spacial score (nSPS) is 11.4. The monoisotopic (exact) mass is 270 g/mol. The van der Waals surface area contributed by atoms with E-state index in [2.05, 4.69) is 48.3 Å². The van der Waals surface area contributed by atoms with Crippen molar-refractivity contribution in [2.75, 3.05) is 24.2 Å². The summed E-state index contributed by atoms with van der Waals surface area (Å²) in [5.41, 5.74) is 0. The Morgan fingerprint density at radius 2 is 1.83 bits per heavy atom. The number of halogens is 1. The second kappa shape index (κ2) is 6.78. The minimum absolute atomic E-state index is 0.556. The Bertz CT molecular complexity index is 371. The van der Waals surface area contributed by atoms with Crippen LogP contribution in [0.25, 0.3) is 0 Å². The van der Waals surface area contributed by atoms with Gasteiger partial charge in [0.25, 0.3) is 0 Å². The van der Waals surface area contributed by atoms with Crippen molar-refractivity contribution in [1.82, 2.24) is 9.97 Å². The predicted molar refractivity (Wildman–Crippen MR) is 78.2 cm³/mol. The van der Waals surface area contributed by atoms with Gasteiger partial charge in [0, 0.05) is 13.6 Å². The van der Waals surface area contributed by atoms with E-state index in [-0.39, 0.29) is 0 Å². The van der Waals surface area contributed by atoms with E-state index in [1.54, 1.807) is 13.2 Å². The average molecular weight is 271 g/mol. The van der Waals surface area contributed by atoms with Crippen LogP contribution in [0.1, 0.15) is 27.7 Å². The fourth-order valence-corrected chi connectivity index (χ4v) is 2.23. The highest BCUT2D eigenvalue weighted by molar-refractivity contribution is 6.32. The fraction of sp³-hybridized carbons (Fsp3) is 0.692. The maximum absolute atomic E-state index is 6.08. The summed E-state index contributed by atoms with van der Waals surface area (Å²) in [5, 5.41) is 6.79. The summed E-state index contributed by atoms with van der Waals surface area (Å²) in [6, 6.07) is 0. The van der Waals surface area contributed by atoms with Crippen molar-refractivity contribution in [1.29, 1.82) is 0 Å². The van der Waals surface area contributed by atoms with Crippen molar-refractivity contribution < 1.29 is 0 Å². The van der Waals surface area contributed by atoms with Crippen molar-refractivity contribution in [2.45, 2.75) is 27.7 Å². The van der Waals surface area contributed by atoms with Crippen molar-refractivity contribution in [3.8, 4) is 0 Å². The second-order valence-electron chi connectivity index (χ2n) is 5.17. The third-order valence-corrected chi connectivity index (χ3v) is 3.46. The molecule has 4 nitrogen and oxygen atoms in total. The first-order chi connectivity index (χ1) is 8.45. The summed E-state index contributed by atoms with van der Waals surface area (Å²) in [6.07, 6.45) is 1.61. The van der Waals surface area contributed by atoms with Crippen LogP contribution in [0.2, 0.25) is 5.02 Å². The molecule has 0 aliphatic carbocycles. The molecule has 0 aliphatic heterocycles. The van der Waals surface area contributed by atoms with E-state index >= 15 is 0 Å². The SMILES string of the molecule is CNc1ncc(Cl)c(NCC(C(C)C)C(C)C)n1. The molecule has 0 radical (unpaired) electrons. The number of hydrogen-bond acceptors (Lipinski definition) is 4. The number of rotatable bonds is 6. The number of nitrogens with one attached hydrogen (secondary N) is 2. The summed E-state index contributed by atoms with van der Waals surface area (Å²) >= 11 is 6.08. The third-order valence-electron chi connectivity index (χ3n) is 3.19. The van der Waals surface area contributed by atoms with Gasteiger partial charge in [-0.3, -0.25) is 0 Å². The minimum Gasteiger partial charge on any atom is -0.368 e. The van der Waals surface area contributed by atoms with Gasteiger partial charge in [0.15, 0.2) is 0 Å². The van der Waals surface area contributed by atoms with Crippen LogP contribution in [0.15, 0.2) is 6.20 Å². The van der Waals surface area contributed by atoms with Gasteiger partial charge in [-0.05, 0) is 17.8 Å². The van der Waals surface area contributed by atoms with Gasteiger partial charge in [-0.25, -0.2) is 4.98 Å². The zero-order valence-corrected chi connectivity index (χ0v) is 12.5. The Hall–Kier alpha value is -1.03. The van der Waals surface area contributed by atoms with Gasteiger partial charge in [0.1, 0.15) is 10.8 Å². The molecule has 0 saturated heterocycles. The first-order valence-electron chi connectivity index (χ1n) is 6.39. The molecule has 102 valence electrons. The molecule has 0 atom stereocenters. The van der Waals surface area contributed by atoms with Crippen molar-refractivity contribution in [3.05, 3.63) is 11.2 Å². The Morgan fingerprint density at radius 1 is 1.22 bits per heavy atom. The summed E-state index contributed by atoms with van der Waals surface area (Å²) in [5.74, 6) is 3.12. The topological polar surface area (TPSA) is 49.8 Å². The predicted octanol–water partition coefficient (Wildman–Crippen LogP) is 3.51. The Labute approximate surface area is 115 Å². The van der Waals surface area contributed by atoms with E-state index in [0.717, 1.165) is 6.54 Å². The molecular formula is C13H23ClN4. The van der Waals surface area contributed by atoms with Crippen molar-refractivity contribution in [2.24, 2.45) is 17.8 Å². The summed E-state index contributed by atoms with van der Waals surface area (Å²) < 4.78 is 0. The molecule has 1 heterocycles. The van der Waals surface area contributed by atoms with E-state index in [1.807, 2.05) is 0 Å². The van der Waals surface area contributed by atoms with Crippen LogP contribution in [0.5, 0.6) is 0 Å². The van der Waals surface area contributed by atoms with Crippen LogP contribution >= 0.6 is 11.6 Å². The maximum Gasteiger partial charge on any atom is 0.224 e. The summed E-state index contributed by atoms with van der Waals surface area (Å²) in [4.78, 5) is 8.38. The van der Waals surface area contributed by atoms with Gasteiger partial charge in [-0.2, -0.15) is 4.98 Å². The Morgan fingerprint density at radius 3 is 2.33 bits per heavy atom. The Kier molecular flexibility index (Phi) is 5.66. The quantitative estimate of drug-likeness (QED) is 0.831. The van der Waals surface area contributed by atoms with Gasteiger partial charge < -0.3 is 10.6 Å². The second-order valence-corrected chi connectivity index (χ2v) is 5.58. The highest BCUT2D eigenvalue weighted by Crippen LogP contribution is 2.24. The standard InChI is InChI=1S/C13H23ClN4/c1-8(2)10(9(3)4)6-16-12-11(14)7-17-13(15-5)18-12/h7-10H,6H2,1-5H3,(H2,15,16,17,18). The molecule has 0 unspecified atom stereocenters. The fourth-order valence-electron chi connectivity index (χ4n) is 2.07. The molecule has 5 heteroatoms. The molecule has 18 heavy (non-hydrogen) atoms. The zero-order valence-electron chi connectivity index (χ0n) is 11.8. The molecule has 1 aromatic rings. The number of anilines is 2. The third kappa shape index (κ3) is 4.02. The molecule has 0 aromatic carbocycles. The molecule has 0 spiro atoms. The maximum atomic E-state index is 6.08. The van der Waals surface area contributed by atoms with Gasteiger partial charge in [-0.15, -0.1) is 0 Å². The van der Waals surface area contributed by atoms with E-state index in [4.69, 9.17) is 11.6 Å². The first kappa shape index (κ1) is 15.0. The molecule has 0 saturated carbocycles. The Balaban J connectivity index is 2.72. The highest BCUT2D eigenvalue weighted by atomic mass is 35.5. The lowest BCUT2D eigenvalue weighted by molar-refractivity contribution is 0.304. The van der Waals surface area contributed by atoms with E-state index in [1.165, 1.54) is 0 Å². The zero-order chi connectivity index (χ0) is 13.7. The minimum atomic E-state index is 0.556. The van der Waals surface area contributed by atoms with Crippen LogP contribution in [0.3, 0.4) is 0 Å². The van der Waals surface area contributed by atoms with Crippen molar-refractivity contribution in [3.63, 3.8) is 0 Å². The summed E-state index contributed by atoms with van der Waals surface area (Å²) in [6.45, 7) is 9.84. The molecule has 1 rings (SSSR count). The lowest BCUT2D eigenvalue weighted by Gasteiger charge is -2.25. The van der Waals surface area contributed by atoms with E-state index in [9.17, 15) is 0 Å². The van der Waals surface area contributed by atoms with E-state index in [0.29, 0.717) is 34.5 Å². The van der Waals surface area contributed by atoms with Crippen LogP contribution in [0.4, 0.5) is 11.8 Å². The molecule has 1 aromatic heterocycles. The summed E-state index contributed by atoms with van der Waals surface area (Å²) in [7, 11) is 1.79. The van der Waals surface area contributed by atoms with Gasteiger partial charge in [0.05, 0.1) is 6.20 Å². The van der Waals surface area contributed by atoms with Crippen LogP contribution in [-0.4, -0.2) is 23.6 Å². The number of aromatic nitrogens is 2. The average Bonchev–Trinajstić information content (AvgIpc) is 2.30. The molecule has 0 bridgehead atoms. The molecule has 0 amide bonds. The van der Waals surface area contributed by atoms with Gasteiger partial charge in [-0.1, -0.05) is 39.3 Å². The largest absolute Gasteiger partial charge is 0.368 e. The number of nitrogens with zero attached hydrogens (tertiary/aromatic N) is 2. The smallest absolute Gasteiger partial charge is 0.224 e. The van der Waals surface area contributed by atoms with Crippen LogP contribution < -0.4 is 10.6 Å². The molecule has 0 fully saturated rings. The first-order valence-corrected chi connectivity index (χ1v) is 6.77. The molecule has 2 N–H and O–H groups in total. The molecular weight excluding hydrogens is 248 g/mol.